The summed E-state index contributed by atoms with van der Waals surface area (Å²) in [5.74, 6) is 0.0276. The van der Waals surface area contributed by atoms with Crippen molar-refractivity contribution in [3.8, 4) is 0 Å². The lowest BCUT2D eigenvalue weighted by Gasteiger charge is -2.41. The van der Waals surface area contributed by atoms with E-state index in [9.17, 15) is 39.9 Å². The molecule has 2 aromatic rings. The van der Waals surface area contributed by atoms with Crippen LogP contribution in [0, 0.1) is 5.92 Å². The minimum Gasteiger partial charge on any atom is -0.384 e. The second-order valence-corrected chi connectivity index (χ2v) is 10.3. The van der Waals surface area contributed by atoms with Crippen LogP contribution in [0.1, 0.15) is 18.4 Å². The highest BCUT2D eigenvalue weighted by molar-refractivity contribution is 7.89. The quantitative estimate of drug-likeness (QED) is 0.568. The lowest BCUT2D eigenvalue weighted by Crippen LogP contribution is -2.56. The molecule has 2 aromatic heterocycles. The van der Waals surface area contributed by atoms with Crippen molar-refractivity contribution in [1.82, 2.24) is 19.3 Å². The van der Waals surface area contributed by atoms with Gasteiger partial charge in [0.15, 0.2) is 0 Å². The number of piperazine rings is 1. The maximum atomic E-state index is 13.1. The molecule has 1 aliphatic carbocycles. The van der Waals surface area contributed by atoms with Crippen LogP contribution in [0.25, 0.3) is 0 Å². The van der Waals surface area contributed by atoms with Gasteiger partial charge in [-0.3, -0.25) is 0 Å². The zero-order valence-corrected chi connectivity index (χ0v) is 18.6. The van der Waals surface area contributed by atoms with E-state index in [4.69, 9.17) is 5.73 Å². The van der Waals surface area contributed by atoms with Crippen LogP contribution in [0.5, 0.6) is 0 Å². The van der Waals surface area contributed by atoms with Gasteiger partial charge in [0.25, 0.3) is 5.60 Å². The lowest BCUT2D eigenvalue weighted by molar-refractivity contribution is -0.376. The highest BCUT2D eigenvalue weighted by Gasteiger charge is 2.71. The molecule has 1 atom stereocenters. The fourth-order valence-electron chi connectivity index (χ4n) is 3.97. The van der Waals surface area contributed by atoms with Crippen LogP contribution >= 0.6 is 0 Å². The summed E-state index contributed by atoms with van der Waals surface area (Å²) in [6.45, 7) is 0.0264. The van der Waals surface area contributed by atoms with Crippen LogP contribution in [0.4, 0.5) is 38.1 Å². The summed E-state index contributed by atoms with van der Waals surface area (Å²) >= 11 is 0. The van der Waals surface area contributed by atoms with E-state index >= 15 is 0 Å². The molecular formula is C19H20F6N6O3S. The van der Waals surface area contributed by atoms with Crippen LogP contribution in [-0.4, -0.2) is 70.8 Å². The molecule has 1 unspecified atom stereocenters. The van der Waals surface area contributed by atoms with Gasteiger partial charge >= 0.3 is 12.4 Å². The number of alkyl halides is 6. The fraction of sp³-hybridized carbons (Fsp3) is 0.526. The molecular weight excluding hydrogens is 506 g/mol. The molecule has 0 aromatic carbocycles. The van der Waals surface area contributed by atoms with Crippen molar-refractivity contribution in [3.63, 3.8) is 0 Å². The number of nitrogen functional groups attached to an aromatic ring is 1. The highest BCUT2D eigenvalue weighted by Crippen LogP contribution is 2.50. The summed E-state index contributed by atoms with van der Waals surface area (Å²) in [6, 6.07) is 2.22. The molecule has 2 fully saturated rings. The maximum absolute atomic E-state index is 13.1. The molecule has 1 aliphatic heterocycles. The first-order valence-electron chi connectivity index (χ1n) is 10.3. The number of rotatable bonds is 5. The molecule has 0 bridgehead atoms. The van der Waals surface area contributed by atoms with E-state index in [0.717, 1.165) is 19.0 Å². The van der Waals surface area contributed by atoms with Gasteiger partial charge in [0, 0.05) is 49.8 Å². The largest absolute Gasteiger partial charge is 0.430 e. The molecule has 9 nitrogen and oxygen atoms in total. The topological polar surface area (TPSA) is 126 Å². The minimum absolute atomic E-state index is 0.0114. The Labute approximate surface area is 195 Å². The summed E-state index contributed by atoms with van der Waals surface area (Å²) in [5, 5.41) is 9.53. The van der Waals surface area contributed by atoms with Gasteiger partial charge in [0.2, 0.25) is 16.0 Å². The first kappa shape index (κ1) is 25.4. The number of aromatic nitrogens is 3. The van der Waals surface area contributed by atoms with Crippen LogP contribution in [0.2, 0.25) is 0 Å². The summed E-state index contributed by atoms with van der Waals surface area (Å²) in [4.78, 5) is 12.6. The van der Waals surface area contributed by atoms with Crippen LogP contribution in [-0.2, 0) is 15.6 Å². The standard InChI is InChI=1S/C19H20F6N6O3S/c20-18(21,22)17(32,19(23,24)25)12-7-28-16(29-8-12)31-6-5-30(10-14(31)11-1-2-11)35(33,34)13-3-4-15(26)27-9-13/h3-4,7-9,11,14,32H,1-2,5-6,10H2,(H2,26,27). The van der Waals surface area contributed by atoms with Crippen LogP contribution < -0.4 is 10.6 Å². The molecule has 1 saturated carbocycles. The second kappa shape index (κ2) is 8.44. The number of nitrogens with zero attached hydrogens (tertiary/aromatic N) is 5. The molecule has 2 aliphatic rings. The van der Waals surface area contributed by atoms with E-state index in [1.54, 1.807) is 4.90 Å². The molecule has 0 spiro atoms. The number of aliphatic hydroxyl groups is 1. The predicted molar refractivity (Wildman–Crippen MR) is 109 cm³/mol. The second-order valence-electron chi connectivity index (χ2n) is 8.36. The zero-order valence-electron chi connectivity index (χ0n) is 17.8. The van der Waals surface area contributed by atoms with E-state index < -0.39 is 39.6 Å². The van der Waals surface area contributed by atoms with E-state index in [1.807, 2.05) is 0 Å². The van der Waals surface area contributed by atoms with Gasteiger partial charge < -0.3 is 15.7 Å². The third-order valence-electron chi connectivity index (χ3n) is 6.08. The first-order chi connectivity index (χ1) is 16.2. The molecule has 192 valence electrons. The maximum Gasteiger partial charge on any atom is 0.430 e. The lowest BCUT2D eigenvalue weighted by atomic mass is 9.95. The predicted octanol–water partition coefficient (Wildman–Crippen LogP) is 2.06. The van der Waals surface area contributed by atoms with Gasteiger partial charge in [-0.1, -0.05) is 0 Å². The Morgan fingerprint density at radius 2 is 1.54 bits per heavy atom. The monoisotopic (exact) mass is 526 g/mol. The molecule has 0 amide bonds. The number of pyridine rings is 1. The summed E-state index contributed by atoms with van der Waals surface area (Å²) in [5.41, 5.74) is -1.19. The molecule has 1 saturated heterocycles. The van der Waals surface area contributed by atoms with Gasteiger partial charge in [-0.05, 0) is 30.9 Å². The number of hydrogen-bond donors (Lipinski definition) is 2. The third-order valence-corrected chi connectivity index (χ3v) is 7.93. The summed E-state index contributed by atoms with van der Waals surface area (Å²) < 4.78 is 106. The molecule has 3 N–H and O–H groups in total. The van der Waals surface area contributed by atoms with E-state index in [1.165, 1.54) is 16.4 Å². The van der Waals surface area contributed by atoms with Crippen molar-refractivity contribution in [2.24, 2.45) is 5.92 Å². The number of sulfonamides is 1. The van der Waals surface area contributed by atoms with Crippen molar-refractivity contribution < 1.29 is 39.9 Å². The van der Waals surface area contributed by atoms with Crippen LogP contribution in [0.15, 0.2) is 35.6 Å². The van der Waals surface area contributed by atoms with Crippen molar-refractivity contribution in [3.05, 3.63) is 36.3 Å². The molecule has 0 radical (unpaired) electrons. The summed E-state index contributed by atoms with van der Waals surface area (Å²) in [7, 11) is -3.92. The normalized spacial score (nSPS) is 20.8. The number of nitrogens with two attached hydrogens (primary N) is 1. The molecule has 35 heavy (non-hydrogen) atoms. The molecule has 3 heterocycles. The Morgan fingerprint density at radius 1 is 0.943 bits per heavy atom. The SMILES string of the molecule is Nc1ccc(S(=O)(=O)N2CCN(c3ncc(C(O)(C(F)(F)F)C(F)(F)F)cn3)C(C3CC3)C2)cn1. The first-order valence-corrected chi connectivity index (χ1v) is 11.8. The van der Waals surface area contributed by atoms with Crippen molar-refractivity contribution in [2.45, 2.75) is 41.7 Å². The number of hydrogen-bond acceptors (Lipinski definition) is 8. The zero-order chi connectivity index (χ0) is 25.8. The van der Waals surface area contributed by atoms with E-state index in [2.05, 4.69) is 15.0 Å². The van der Waals surface area contributed by atoms with Crippen molar-refractivity contribution in [1.29, 1.82) is 0 Å². The van der Waals surface area contributed by atoms with Gasteiger partial charge in [-0.15, -0.1) is 0 Å². The highest BCUT2D eigenvalue weighted by atomic mass is 32.2. The molecule has 4 rings (SSSR count). The Bertz CT molecular complexity index is 1160. The number of anilines is 2. The summed E-state index contributed by atoms with van der Waals surface area (Å²) in [6.07, 6.45) is -8.87. The minimum atomic E-state index is -6.05. The van der Waals surface area contributed by atoms with Crippen molar-refractivity contribution >= 4 is 21.8 Å². The fourth-order valence-corrected chi connectivity index (χ4v) is 5.37. The smallest absolute Gasteiger partial charge is 0.384 e. The molecule has 16 heteroatoms. The van der Waals surface area contributed by atoms with Crippen molar-refractivity contribution in [2.75, 3.05) is 30.3 Å². The Kier molecular flexibility index (Phi) is 6.12. The third kappa shape index (κ3) is 4.49. The van der Waals surface area contributed by atoms with E-state index in [0.29, 0.717) is 0 Å². The van der Waals surface area contributed by atoms with Gasteiger partial charge in [0.1, 0.15) is 10.7 Å². The van der Waals surface area contributed by atoms with E-state index in [-0.39, 0.29) is 54.6 Å². The average Bonchev–Trinajstić information content (AvgIpc) is 3.62. The van der Waals surface area contributed by atoms with Crippen LogP contribution in [0.3, 0.4) is 0 Å². The Morgan fingerprint density at radius 3 is 2.03 bits per heavy atom. The Balaban J connectivity index is 1.59. The van der Waals surface area contributed by atoms with Gasteiger partial charge in [-0.25, -0.2) is 23.4 Å². The van der Waals surface area contributed by atoms with Gasteiger partial charge in [-0.2, -0.15) is 30.6 Å². The number of halogens is 6. The van der Waals surface area contributed by atoms with Gasteiger partial charge in [0.05, 0.1) is 0 Å². The average molecular weight is 526 g/mol. The Hall–Kier alpha value is -2.72.